The molecule has 1 aliphatic rings. The highest BCUT2D eigenvalue weighted by molar-refractivity contribution is 5.99. The number of rotatable bonds is 5. The molecule has 1 aromatic heterocycles. The lowest BCUT2D eigenvalue weighted by Crippen LogP contribution is -2.46. The summed E-state index contributed by atoms with van der Waals surface area (Å²) < 4.78 is 7.54. The van der Waals surface area contributed by atoms with Crippen LogP contribution in [0, 0.1) is 0 Å². The summed E-state index contributed by atoms with van der Waals surface area (Å²) in [7, 11) is 0. The number of carbonyl (C=O) groups is 2. The third-order valence-corrected chi connectivity index (χ3v) is 5.04. The summed E-state index contributed by atoms with van der Waals surface area (Å²) in [5, 5.41) is 10.0. The Labute approximate surface area is 162 Å². The second-order valence-electron chi connectivity index (χ2n) is 7.00. The normalized spacial score (nSPS) is 17.0. The van der Waals surface area contributed by atoms with E-state index in [0.29, 0.717) is 25.4 Å². The number of para-hydroxylation sites is 1. The molecule has 6 nitrogen and oxygen atoms in total. The molecule has 144 valence electrons. The molecule has 6 heteroatoms. The average molecular weight is 378 g/mol. The second-order valence-corrected chi connectivity index (χ2v) is 7.00. The Morgan fingerprint density at radius 1 is 1.07 bits per heavy atom. The Kier molecular flexibility index (Phi) is 5.12. The van der Waals surface area contributed by atoms with Crippen LogP contribution in [-0.2, 0) is 16.1 Å². The van der Waals surface area contributed by atoms with E-state index < -0.39 is 12.1 Å². The highest BCUT2D eigenvalue weighted by Gasteiger charge is 2.28. The monoisotopic (exact) mass is 378 g/mol. The van der Waals surface area contributed by atoms with Crippen LogP contribution in [0.5, 0.6) is 0 Å². The van der Waals surface area contributed by atoms with Crippen molar-refractivity contribution >= 4 is 22.8 Å². The van der Waals surface area contributed by atoms with Crippen molar-refractivity contribution in [1.82, 2.24) is 9.47 Å². The fourth-order valence-corrected chi connectivity index (χ4v) is 3.71. The summed E-state index contributed by atoms with van der Waals surface area (Å²) in [4.78, 5) is 26.0. The molecule has 1 amide bonds. The Balaban J connectivity index is 1.66. The first-order chi connectivity index (χ1) is 13.6. The van der Waals surface area contributed by atoms with E-state index in [9.17, 15) is 9.59 Å². The van der Waals surface area contributed by atoms with Crippen molar-refractivity contribution in [3.8, 4) is 0 Å². The molecular weight excluding hydrogens is 356 g/mol. The highest BCUT2D eigenvalue weighted by Crippen LogP contribution is 2.23. The Morgan fingerprint density at radius 2 is 1.82 bits per heavy atom. The van der Waals surface area contributed by atoms with Gasteiger partial charge in [0, 0.05) is 30.5 Å². The number of carboxylic acid groups (broad SMARTS) is 1. The first kappa shape index (κ1) is 18.3. The van der Waals surface area contributed by atoms with Crippen LogP contribution >= 0.6 is 0 Å². The number of carbonyl (C=O) groups excluding carboxylic acids is 1. The summed E-state index contributed by atoms with van der Waals surface area (Å²) >= 11 is 0. The van der Waals surface area contributed by atoms with Crippen molar-refractivity contribution in [2.75, 3.05) is 19.7 Å². The summed E-state index contributed by atoms with van der Waals surface area (Å²) in [5.74, 6) is -1.01. The fourth-order valence-electron chi connectivity index (χ4n) is 3.71. The molecule has 1 fully saturated rings. The van der Waals surface area contributed by atoms with Gasteiger partial charge in [-0.15, -0.1) is 0 Å². The molecule has 1 atom stereocenters. The first-order valence-electron chi connectivity index (χ1n) is 9.36. The van der Waals surface area contributed by atoms with Crippen LogP contribution in [0.15, 0.2) is 60.7 Å². The van der Waals surface area contributed by atoms with E-state index in [0.717, 1.165) is 16.5 Å². The molecule has 0 aliphatic carbocycles. The maximum atomic E-state index is 13.3. The lowest BCUT2D eigenvalue weighted by atomic mass is 10.2. The van der Waals surface area contributed by atoms with Crippen molar-refractivity contribution in [2.45, 2.75) is 19.1 Å². The van der Waals surface area contributed by atoms with E-state index in [1.54, 1.807) is 4.90 Å². The van der Waals surface area contributed by atoms with Gasteiger partial charge in [0.25, 0.3) is 5.91 Å². The Hall–Kier alpha value is -3.12. The van der Waals surface area contributed by atoms with E-state index in [-0.39, 0.29) is 18.9 Å². The van der Waals surface area contributed by atoms with Crippen LogP contribution < -0.4 is 0 Å². The van der Waals surface area contributed by atoms with Gasteiger partial charge in [0.05, 0.1) is 19.1 Å². The molecule has 1 saturated heterocycles. The smallest absolute Gasteiger partial charge is 0.306 e. The molecule has 0 saturated carbocycles. The van der Waals surface area contributed by atoms with Crippen molar-refractivity contribution in [2.24, 2.45) is 0 Å². The predicted octanol–water partition coefficient (Wildman–Crippen LogP) is 3.01. The van der Waals surface area contributed by atoms with E-state index in [1.165, 1.54) is 0 Å². The lowest BCUT2D eigenvalue weighted by molar-refractivity contribution is -0.141. The van der Waals surface area contributed by atoms with Crippen molar-refractivity contribution in [1.29, 1.82) is 0 Å². The number of aliphatic carboxylic acids is 1. The van der Waals surface area contributed by atoms with Crippen LogP contribution in [-0.4, -0.2) is 52.3 Å². The lowest BCUT2D eigenvalue weighted by Gasteiger charge is -2.32. The molecule has 0 unspecified atom stereocenters. The molecule has 2 aromatic carbocycles. The van der Waals surface area contributed by atoms with Gasteiger partial charge in [-0.2, -0.15) is 0 Å². The van der Waals surface area contributed by atoms with E-state index in [2.05, 4.69) is 0 Å². The molecular formula is C22H22N2O4. The van der Waals surface area contributed by atoms with Gasteiger partial charge in [0.1, 0.15) is 5.69 Å². The van der Waals surface area contributed by atoms with Crippen molar-refractivity contribution in [3.63, 3.8) is 0 Å². The standard InChI is InChI=1S/C22H22N2O4/c25-21(26)13-18-15-23(10-11-28-18)22(27)20-12-17-8-4-5-9-19(17)24(20)14-16-6-2-1-3-7-16/h1-9,12,18H,10-11,13-15H2,(H,25,26)/t18-/m1/s1. The predicted molar refractivity (Wildman–Crippen MR) is 105 cm³/mol. The molecule has 1 aliphatic heterocycles. The number of amides is 1. The topological polar surface area (TPSA) is 71.8 Å². The Bertz CT molecular complexity index is 996. The average Bonchev–Trinajstić information content (AvgIpc) is 3.06. The van der Waals surface area contributed by atoms with Gasteiger partial charge in [0.15, 0.2) is 0 Å². The minimum Gasteiger partial charge on any atom is -0.481 e. The zero-order valence-corrected chi connectivity index (χ0v) is 15.5. The largest absolute Gasteiger partial charge is 0.481 e. The molecule has 0 bridgehead atoms. The number of carboxylic acids is 1. The molecule has 0 radical (unpaired) electrons. The van der Waals surface area contributed by atoms with Crippen molar-refractivity contribution in [3.05, 3.63) is 71.9 Å². The summed E-state index contributed by atoms with van der Waals surface area (Å²) in [6.45, 7) is 1.70. The summed E-state index contributed by atoms with van der Waals surface area (Å²) in [6.07, 6.45) is -0.571. The highest BCUT2D eigenvalue weighted by atomic mass is 16.5. The number of ether oxygens (including phenoxy) is 1. The first-order valence-corrected chi connectivity index (χ1v) is 9.36. The van der Waals surface area contributed by atoms with E-state index >= 15 is 0 Å². The van der Waals surface area contributed by atoms with Gasteiger partial charge in [-0.25, -0.2) is 0 Å². The quantitative estimate of drug-likeness (QED) is 0.741. The number of hydrogen-bond acceptors (Lipinski definition) is 3. The van der Waals surface area contributed by atoms with Gasteiger partial charge < -0.3 is 19.3 Å². The van der Waals surface area contributed by atoms with E-state index in [1.807, 2.05) is 65.2 Å². The molecule has 1 N–H and O–H groups in total. The minimum atomic E-state index is -0.919. The third kappa shape index (κ3) is 3.77. The third-order valence-electron chi connectivity index (χ3n) is 5.04. The van der Waals surface area contributed by atoms with Crippen LogP contribution in [0.1, 0.15) is 22.5 Å². The maximum absolute atomic E-state index is 13.3. The fraction of sp³-hybridized carbons (Fsp3) is 0.273. The molecule has 28 heavy (non-hydrogen) atoms. The molecule has 4 rings (SSSR count). The van der Waals surface area contributed by atoms with Gasteiger partial charge in [0.2, 0.25) is 0 Å². The molecule has 0 spiro atoms. The summed E-state index contributed by atoms with van der Waals surface area (Å²) in [6, 6.07) is 19.9. The number of benzene rings is 2. The minimum absolute atomic E-state index is 0.0918. The van der Waals surface area contributed by atoms with Crippen LogP contribution in [0.3, 0.4) is 0 Å². The van der Waals surface area contributed by atoms with Crippen LogP contribution in [0.25, 0.3) is 10.9 Å². The number of fused-ring (bicyclic) bond motifs is 1. The number of aromatic nitrogens is 1. The zero-order chi connectivity index (χ0) is 19.5. The van der Waals surface area contributed by atoms with Gasteiger partial charge in [-0.1, -0.05) is 48.5 Å². The Morgan fingerprint density at radius 3 is 2.61 bits per heavy atom. The van der Waals surface area contributed by atoms with Gasteiger partial charge >= 0.3 is 5.97 Å². The number of nitrogens with zero attached hydrogens (tertiary/aromatic N) is 2. The SMILES string of the molecule is O=C(O)C[C@@H]1CN(C(=O)c2cc3ccccc3n2Cc2ccccc2)CCO1. The van der Waals surface area contributed by atoms with Gasteiger partial charge in [-0.05, 0) is 17.7 Å². The zero-order valence-electron chi connectivity index (χ0n) is 15.5. The van der Waals surface area contributed by atoms with E-state index in [4.69, 9.17) is 9.84 Å². The van der Waals surface area contributed by atoms with Crippen LogP contribution in [0.2, 0.25) is 0 Å². The molecule has 3 aromatic rings. The summed E-state index contributed by atoms with van der Waals surface area (Å²) in [5.41, 5.74) is 2.73. The molecule has 2 heterocycles. The maximum Gasteiger partial charge on any atom is 0.306 e. The van der Waals surface area contributed by atoms with Crippen molar-refractivity contribution < 1.29 is 19.4 Å². The van der Waals surface area contributed by atoms with Crippen LogP contribution in [0.4, 0.5) is 0 Å². The second kappa shape index (κ2) is 7.86. The van der Waals surface area contributed by atoms with Gasteiger partial charge in [-0.3, -0.25) is 9.59 Å². The number of hydrogen-bond donors (Lipinski definition) is 1. The number of morpholine rings is 1.